The first-order valence-corrected chi connectivity index (χ1v) is 6.21. The molecule has 2 heterocycles. The molecule has 1 aromatic carbocycles. The normalized spacial score (nSPS) is 11.0. The first kappa shape index (κ1) is 13.1. The predicted molar refractivity (Wildman–Crippen MR) is 75.9 cm³/mol. The van der Waals surface area contributed by atoms with Crippen LogP contribution >= 0.6 is 0 Å². The highest BCUT2D eigenvalue weighted by Crippen LogP contribution is 2.23. The molecule has 0 aliphatic heterocycles. The second kappa shape index (κ2) is 4.58. The molecule has 0 saturated heterocycles. The molecule has 0 fully saturated rings. The van der Waals surface area contributed by atoms with E-state index in [-0.39, 0.29) is 5.52 Å². The third kappa shape index (κ3) is 1.76. The number of ether oxygens (including phenoxy) is 1. The summed E-state index contributed by atoms with van der Waals surface area (Å²) < 4.78 is 9.05. The van der Waals surface area contributed by atoms with Gasteiger partial charge in [-0.25, -0.2) is 4.79 Å². The zero-order valence-corrected chi connectivity index (χ0v) is 11.8. The Hall–Kier alpha value is -2.90. The largest absolute Gasteiger partial charge is 0.494 e. The number of para-hydroxylation sites is 2. The van der Waals surface area contributed by atoms with Gasteiger partial charge in [-0.05, 0) is 12.1 Å². The van der Waals surface area contributed by atoms with Gasteiger partial charge in [0.15, 0.2) is 11.2 Å². The number of aromatic nitrogens is 5. The van der Waals surface area contributed by atoms with Gasteiger partial charge in [-0.2, -0.15) is 4.68 Å². The third-order valence-electron chi connectivity index (χ3n) is 3.36. The van der Waals surface area contributed by atoms with Gasteiger partial charge in [0.25, 0.3) is 5.56 Å². The van der Waals surface area contributed by atoms with E-state index in [4.69, 9.17) is 4.74 Å². The summed E-state index contributed by atoms with van der Waals surface area (Å²) in [4.78, 5) is 24.2. The molecule has 3 aromatic rings. The SMILES string of the molecule is COc1ccccc1-n1nnc2c(=O)n(C)c(=O)n(C)c21. The van der Waals surface area contributed by atoms with E-state index in [1.807, 2.05) is 12.1 Å². The lowest BCUT2D eigenvalue weighted by Crippen LogP contribution is -2.37. The maximum Gasteiger partial charge on any atom is 0.332 e. The number of fused-ring (bicyclic) bond motifs is 1. The molecule has 8 nitrogen and oxygen atoms in total. The molecule has 0 saturated carbocycles. The van der Waals surface area contributed by atoms with Crippen LogP contribution in [-0.2, 0) is 14.1 Å². The summed E-state index contributed by atoms with van der Waals surface area (Å²) in [6.07, 6.45) is 0. The molecular formula is C13H13N5O3. The first-order valence-electron chi connectivity index (χ1n) is 6.21. The van der Waals surface area contributed by atoms with Crippen LogP contribution in [-0.4, -0.2) is 31.2 Å². The summed E-state index contributed by atoms with van der Waals surface area (Å²) in [5, 5.41) is 7.89. The Morgan fingerprint density at radius 2 is 1.81 bits per heavy atom. The number of aryl methyl sites for hydroxylation is 1. The van der Waals surface area contributed by atoms with Crippen LogP contribution in [0.2, 0.25) is 0 Å². The van der Waals surface area contributed by atoms with Crippen molar-refractivity contribution < 1.29 is 4.74 Å². The van der Waals surface area contributed by atoms with Crippen molar-refractivity contribution in [2.24, 2.45) is 14.1 Å². The van der Waals surface area contributed by atoms with E-state index < -0.39 is 11.2 Å². The zero-order valence-electron chi connectivity index (χ0n) is 11.8. The van der Waals surface area contributed by atoms with Gasteiger partial charge in [-0.3, -0.25) is 13.9 Å². The van der Waals surface area contributed by atoms with Crippen LogP contribution in [0.1, 0.15) is 0 Å². The van der Waals surface area contributed by atoms with Crippen molar-refractivity contribution in [2.75, 3.05) is 7.11 Å². The number of rotatable bonds is 2. The lowest BCUT2D eigenvalue weighted by atomic mass is 10.3. The Morgan fingerprint density at radius 1 is 1.10 bits per heavy atom. The molecule has 8 heteroatoms. The first-order chi connectivity index (χ1) is 10.1. The van der Waals surface area contributed by atoms with Crippen molar-refractivity contribution in [1.82, 2.24) is 24.1 Å². The van der Waals surface area contributed by atoms with E-state index in [9.17, 15) is 9.59 Å². The average molecular weight is 287 g/mol. The number of methoxy groups -OCH3 is 1. The molecule has 0 atom stereocenters. The molecule has 0 bridgehead atoms. The number of benzene rings is 1. The standard InChI is InChI=1S/C13H13N5O3/c1-16-11-10(12(19)17(2)13(16)20)14-15-18(11)8-6-4-5-7-9(8)21-3/h4-7H,1-3H3. The minimum Gasteiger partial charge on any atom is -0.494 e. The summed E-state index contributed by atoms with van der Waals surface area (Å²) in [6, 6.07) is 7.17. The second-order valence-electron chi connectivity index (χ2n) is 4.55. The fourth-order valence-corrected chi connectivity index (χ4v) is 2.24. The summed E-state index contributed by atoms with van der Waals surface area (Å²) >= 11 is 0. The lowest BCUT2D eigenvalue weighted by Gasteiger charge is -2.10. The van der Waals surface area contributed by atoms with Crippen LogP contribution in [0.4, 0.5) is 0 Å². The van der Waals surface area contributed by atoms with Crippen molar-refractivity contribution in [2.45, 2.75) is 0 Å². The van der Waals surface area contributed by atoms with Crippen LogP contribution in [0, 0.1) is 0 Å². The van der Waals surface area contributed by atoms with Crippen molar-refractivity contribution in [1.29, 1.82) is 0 Å². The van der Waals surface area contributed by atoms with E-state index >= 15 is 0 Å². The summed E-state index contributed by atoms with van der Waals surface area (Å²) in [7, 11) is 4.52. The van der Waals surface area contributed by atoms with Crippen LogP contribution in [0.25, 0.3) is 16.9 Å². The molecule has 2 aromatic heterocycles. The molecule has 0 radical (unpaired) electrons. The van der Waals surface area contributed by atoms with Crippen LogP contribution in [0.15, 0.2) is 33.9 Å². The second-order valence-corrected chi connectivity index (χ2v) is 4.55. The molecule has 0 unspecified atom stereocenters. The van der Waals surface area contributed by atoms with Crippen LogP contribution in [0.3, 0.4) is 0 Å². The Balaban J connectivity index is 2.47. The summed E-state index contributed by atoms with van der Waals surface area (Å²) in [5.74, 6) is 0.567. The van der Waals surface area contributed by atoms with Crippen molar-refractivity contribution in [3.05, 3.63) is 45.1 Å². The van der Waals surface area contributed by atoms with Gasteiger partial charge < -0.3 is 4.74 Å². The van der Waals surface area contributed by atoms with E-state index in [1.54, 1.807) is 19.2 Å². The highest BCUT2D eigenvalue weighted by atomic mass is 16.5. The van der Waals surface area contributed by atoms with Gasteiger partial charge in [0.2, 0.25) is 0 Å². The minimum absolute atomic E-state index is 0.130. The van der Waals surface area contributed by atoms with Crippen LogP contribution in [0.5, 0.6) is 5.75 Å². The molecule has 0 aliphatic carbocycles. The van der Waals surface area contributed by atoms with Crippen molar-refractivity contribution >= 4 is 11.2 Å². The van der Waals surface area contributed by atoms with E-state index in [2.05, 4.69) is 10.3 Å². The molecule has 3 rings (SSSR count). The fraction of sp³-hybridized carbons (Fsp3) is 0.231. The molecule has 0 aliphatic rings. The highest BCUT2D eigenvalue weighted by Gasteiger charge is 2.18. The average Bonchev–Trinajstić information content (AvgIpc) is 2.95. The van der Waals surface area contributed by atoms with E-state index in [0.717, 1.165) is 4.57 Å². The molecule has 0 amide bonds. The van der Waals surface area contributed by atoms with Gasteiger partial charge in [0, 0.05) is 14.1 Å². The van der Waals surface area contributed by atoms with Crippen LogP contribution < -0.4 is 16.0 Å². The number of hydrogen-bond acceptors (Lipinski definition) is 5. The van der Waals surface area contributed by atoms with Gasteiger partial charge >= 0.3 is 5.69 Å². The van der Waals surface area contributed by atoms with Gasteiger partial charge in [0.1, 0.15) is 11.4 Å². The summed E-state index contributed by atoms with van der Waals surface area (Å²) in [6.45, 7) is 0. The quantitative estimate of drug-likeness (QED) is 0.653. The van der Waals surface area contributed by atoms with Crippen molar-refractivity contribution in [3.63, 3.8) is 0 Å². The molecule has 108 valence electrons. The predicted octanol–water partition coefficient (Wildman–Crippen LogP) is -0.173. The molecule has 0 N–H and O–H groups in total. The number of hydrogen-bond donors (Lipinski definition) is 0. The summed E-state index contributed by atoms with van der Waals surface area (Å²) in [5.41, 5.74) is 0.143. The zero-order chi connectivity index (χ0) is 15.1. The Bertz CT molecular complexity index is 951. The van der Waals surface area contributed by atoms with E-state index in [0.29, 0.717) is 17.1 Å². The van der Waals surface area contributed by atoms with Gasteiger partial charge in [0.05, 0.1) is 7.11 Å². The Kier molecular flexibility index (Phi) is 2.86. The lowest BCUT2D eigenvalue weighted by molar-refractivity contribution is 0.411. The van der Waals surface area contributed by atoms with Crippen molar-refractivity contribution in [3.8, 4) is 11.4 Å². The maximum atomic E-state index is 12.1. The molecule has 21 heavy (non-hydrogen) atoms. The molecule has 0 spiro atoms. The number of nitrogens with zero attached hydrogens (tertiary/aromatic N) is 5. The minimum atomic E-state index is -0.478. The topological polar surface area (TPSA) is 83.9 Å². The van der Waals surface area contributed by atoms with E-state index in [1.165, 1.54) is 23.4 Å². The smallest absolute Gasteiger partial charge is 0.332 e. The maximum absolute atomic E-state index is 12.1. The fourth-order valence-electron chi connectivity index (χ4n) is 2.24. The van der Waals surface area contributed by atoms with Gasteiger partial charge in [-0.15, -0.1) is 5.10 Å². The third-order valence-corrected chi connectivity index (χ3v) is 3.36. The molecular weight excluding hydrogens is 274 g/mol. The Labute approximate surface area is 118 Å². The monoisotopic (exact) mass is 287 g/mol. The highest BCUT2D eigenvalue weighted by molar-refractivity contribution is 5.72. The van der Waals surface area contributed by atoms with Gasteiger partial charge in [-0.1, -0.05) is 17.3 Å². The Morgan fingerprint density at radius 3 is 2.52 bits per heavy atom.